The second-order valence-corrected chi connectivity index (χ2v) is 7.65. The van der Waals surface area contributed by atoms with Gasteiger partial charge in [-0.1, -0.05) is 28.4 Å². The van der Waals surface area contributed by atoms with Crippen molar-refractivity contribution in [1.29, 1.82) is 0 Å². The first-order chi connectivity index (χ1) is 13.4. The van der Waals surface area contributed by atoms with Crippen molar-refractivity contribution in [2.24, 2.45) is 0 Å². The number of hydrogen-bond donors (Lipinski definition) is 2. The van der Waals surface area contributed by atoms with Crippen molar-refractivity contribution in [3.63, 3.8) is 0 Å². The first-order valence-electron chi connectivity index (χ1n) is 8.13. The lowest BCUT2D eigenvalue weighted by molar-refractivity contribution is -0.113. The molecule has 2 aromatic carbocycles. The van der Waals surface area contributed by atoms with Gasteiger partial charge in [-0.3, -0.25) is 9.59 Å². The molecular formula is C19H15Cl2N3O3S. The average molecular weight is 436 g/mol. The third-order valence-corrected chi connectivity index (χ3v) is 5.11. The smallest absolute Gasteiger partial charge is 0.257 e. The summed E-state index contributed by atoms with van der Waals surface area (Å²) < 4.78 is 4.90. The van der Waals surface area contributed by atoms with Crippen LogP contribution >= 0.6 is 35.0 Å². The van der Waals surface area contributed by atoms with Crippen molar-refractivity contribution >= 4 is 58.3 Å². The van der Waals surface area contributed by atoms with Gasteiger partial charge in [0.2, 0.25) is 5.91 Å². The van der Waals surface area contributed by atoms with E-state index in [0.717, 1.165) is 4.90 Å². The number of halogens is 2. The molecule has 1 heterocycles. The van der Waals surface area contributed by atoms with Crippen LogP contribution in [0.4, 0.5) is 11.5 Å². The second kappa shape index (κ2) is 9.14. The zero-order valence-electron chi connectivity index (χ0n) is 14.7. The number of amides is 2. The summed E-state index contributed by atoms with van der Waals surface area (Å²) in [6.07, 6.45) is 0. The van der Waals surface area contributed by atoms with Gasteiger partial charge in [0.15, 0.2) is 5.82 Å². The normalized spacial score (nSPS) is 10.5. The van der Waals surface area contributed by atoms with Crippen LogP contribution < -0.4 is 10.6 Å². The number of aryl methyl sites for hydroxylation is 1. The molecule has 2 amide bonds. The molecule has 0 fully saturated rings. The predicted octanol–water partition coefficient (Wildman–Crippen LogP) is 5.27. The molecule has 3 rings (SSSR count). The van der Waals surface area contributed by atoms with Gasteiger partial charge in [-0.25, -0.2) is 0 Å². The Hall–Kier alpha value is -2.48. The lowest BCUT2D eigenvalue weighted by Gasteiger charge is -2.08. The molecule has 0 aliphatic carbocycles. The van der Waals surface area contributed by atoms with Crippen molar-refractivity contribution in [3.8, 4) is 0 Å². The Morgan fingerprint density at radius 1 is 1.07 bits per heavy atom. The molecule has 0 saturated heterocycles. The molecule has 144 valence electrons. The Morgan fingerprint density at radius 3 is 2.46 bits per heavy atom. The van der Waals surface area contributed by atoms with Crippen LogP contribution in [0.3, 0.4) is 0 Å². The van der Waals surface area contributed by atoms with E-state index in [2.05, 4.69) is 15.8 Å². The molecular weight excluding hydrogens is 421 g/mol. The SMILES string of the molecule is Cc1cc(NC(=O)CSc2ccc(NC(=O)c3ccc(Cl)cc3Cl)cc2)no1. The van der Waals surface area contributed by atoms with E-state index < -0.39 is 0 Å². The summed E-state index contributed by atoms with van der Waals surface area (Å²) in [5.41, 5.74) is 0.951. The standard InChI is InChI=1S/C19H15Cl2N3O3S/c1-11-8-17(24-27-11)23-18(25)10-28-14-5-3-13(4-6-14)22-19(26)15-7-2-12(20)9-16(15)21/h2-9H,10H2,1H3,(H,22,26)(H,23,24,25). The van der Waals surface area contributed by atoms with Crippen molar-refractivity contribution in [2.45, 2.75) is 11.8 Å². The van der Waals surface area contributed by atoms with Gasteiger partial charge in [0.1, 0.15) is 5.76 Å². The number of thioether (sulfide) groups is 1. The van der Waals surface area contributed by atoms with Gasteiger partial charge < -0.3 is 15.2 Å². The Balaban J connectivity index is 1.53. The van der Waals surface area contributed by atoms with E-state index >= 15 is 0 Å². The molecule has 9 heteroatoms. The van der Waals surface area contributed by atoms with Gasteiger partial charge in [0.05, 0.1) is 16.3 Å². The number of carbonyl (C=O) groups excluding carboxylic acids is 2. The zero-order valence-corrected chi connectivity index (χ0v) is 17.0. The molecule has 2 N–H and O–H groups in total. The van der Waals surface area contributed by atoms with Gasteiger partial charge >= 0.3 is 0 Å². The van der Waals surface area contributed by atoms with Crippen LogP contribution in [0.2, 0.25) is 10.0 Å². The van der Waals surface area contributed by atoms with Crippen LogP contribution in [-0.2, 0) is 4.79 Å². The van der Waals surface area contributed by atoms with E-state index in [0.29, 0.717) is 27.9 Å². The third kappa shape index (κ3) is 5.51. The average Bonchev–Trinajstić information content (AvgIpc) is 3.05. The van der Waals surface area contributed by atoms with Crippen molar-refractivity contribution in [1.82, 2.24) is 5.16 Å². The number of aromatic nitrogens is 1. The van der Waals surface area contributed by atoms with E-state index in [1.54, 1.807) is 37.3 Å². The summed E-state index contributed by atoms with van der Waals surface area (Å²) in [7, 11) is 0. The minimum atomic E-state index is -0.329. The summed E-state index contributed by atoms with van der Waals surface area (Å²) in [6.45, 7) is 1.75. The van der Waals surface area contributed by atoms with Crippen LogP contribution in [0, 0.1) is 6.92 Å². The van der Waals surface area contributed by atoms with E-state index in [-0.39, 0.29) is 22.6 Å². The number of rotatable bonds is 6. The molecule has 0 unspecified atom stereocenters. The molecule has 0 aliphatic heterocycles. The van der Waals surface area contributed by atoms with Crippen LogP contribution in [-0.4, -0.2) is 22.7 Å². The maximum atomic E-state index is 12.3. The highest BCUT2D eigenvalue weighted by Crippen LogP contribution is 2.24. The summed E-state index contributed by atoms with van der Waals surface area (Å²) in [5.74, 6) is 0.720. The van der Waals surface area contributed by atoms with Gasteiger partial charge in [-0.2, -0.15) is 0 Å². The quantitative estimate of drug-likeness (QED) is 0.514. The number of anilines is 2. The van der Waals surface area contributed by atoms with E-state index in [1.807, 2.05) is 12.1 Å². The topological polar surface area (TPSA) is 84.2 Å². The second-order valence-electron chi connectivity index (χ2n) is 5.76. The Morgan fingerprint density at radius 2 is 1.82 bits per heavy atom. The molecule has 0 radical (unpaired) electrons. The molecule has 0 bridgehead atoms. The highest BCUT2D eigenvalue weighted by molar-refractivity contribution is 8.00. The summed E-state index contributed by atoms with van der Waals surface area (Å²) in [5, 5.41) is 9.89. The fourth-order valence-corrected chi connectivity index (χ4v) is 3.45. The number of hydrogen-bond acceptors (Lipinski definition) is 5. The molecule has 6 nitrogen and oxygen atoms in total. The molecule has 1 aromatic heterocycles. The van der Waals surface area contributed by atoms with Crippen LogP contribution in [0.25, 0.3) is 0 Å². The Bertz CT molecular complexity index is 1010. The van der Waals surface area contributed by atoms with Crippen molar-refractivity contribution in [2.75, 3.05) is 16.4 Å². The van der Waals surface area contributed by atoms with Gasteiger partial charge in [-0.15, -0.1) is 11.8 Å². The summed E-state index contributed by atoms with van der Waals surface area (Å²) in [4.78, 5) is 25.1. The number of carbonyl (C=O) groups is 2. The predicted molar refractivity (Wildman–Crippen MR) is 111 cm³/mol. The summed E-state index contributed by atoms with van der Waals surface area (Å²) in [6, 6.07) is 13.5. The number of benzene rings is 2. The highest BCUT2D eigenvalue weighted by atomic mass is 35.5. The number of nitrogens with zero attached hydrogens (tertiary/aromatic N) is 1. The maximum Gasteiger partial charge on any atom is 0.257 e. The molecule has 3 aromatic rings. The van der Waals surface area contributed by atoms with Gasteiger partial charge in [-0.05, 0) is 49.4 Å². The maximum absolute atomic E-state index is 12.3. The first-order valence-corrected chi connectivity index (χ1v) is 9.87. The van der Waals surface area contributed by atoms with Crippen molar-refractivity contribution in [3.05, 3.63) is 69.9 Å². The van der Waals surface area contributed by atoms with Gasteiger partial charge in [0.25, 0.3) is 5.91 Å². The minimum absolute atomic E-state index is 0.187. The van der Waals surface area contributed by atoms with Crippen LogP contribution in [0.5, 0.6) is 0 Å². The molecule has 0 atom stereocenters. The van der Waals surface area contributed by atoms with E-state index in [9.17, 15) is 9.59 Å². The first kappa shape index (κ1) is 20.3. The minimum Gasteiger partial charge on any atom is -0.360 e. The van der Waals surface area contributed by atoms with E-state index in [1.165, 1.54) is 17.8 Å². The molecule has 0 spiro atoms. The molecule has 0 saturated carbocycles. The van der Waals surface area contributed by atoms with Gasteiger partial charge in [0, 0.05) is 21.7 Å². The monoisotopic (exact) mass is 435 g/mol. The van der Waals surface area contributed by atoms with Crippen molar-refractivity contribution < 1.29 is 14.1 Å². The zero-order chi connectivity index (χ0) is 20.1. The fraction of sp³-hybridized carbons (Fsp3) is 0.105. The van der Waals surface area contributed by atoms with Crippen LogP contribution in [0.1, 0.15) is 16.1 Å². The lowest BCUT2D eigenvalue weighted by Crippen LogP contribution is -2.14. The largest absolute Gasteiger partial charge is 0.360 e. The summed E-state index contributed by atoms with van der Waals surface area (Å²) >= 11 is 13.3. The lowest BCUT2D eigenvalue weighted by atomic mass is 10.2. The fourth-order valence-electron chi connectivity index (χ4n) is 2.26. The number of nitrogens with one attached hydrogen (secondary N) is 2. The highest BCUT2D eigenvalue weighted by Gasteiger charge is 2.11. The van der Waals surface area contributed by atoms with E-state index in [4.69, 9.17) is 27.7 Å². The Kier molecular flexibility index (Phi) is 6.61. The Labute approximate surface area is 175 Å². The third-order valence-electron chi connectivity index (χ3n) is 3.55. The van der Waals surface area contributed by atoms with Crippen LogP contribution in [0.15, 0.2) is 57.9 Å². The molecule has 0 aliphatic rings. The molecule has 28 heavy (non-hydrogen) atoms.